The van der Waals surface area contributed by atoms with Crippen LogP contribution < -0.4 is 5.32 Å². The molecule has 0 radical (unpaired) electrons. The molecule has 40 heavy (non-hydrogen) atoms. The second-order valence-corrected chi connectivity index (χ2v) is 11.7. The molecule has 4 atom stereocenters. The summed E-state index contributed by atoms with van der Waals surface area (Å²) in [6.07, 6.45) is 3.65. The van der Waals surface area contributed by atoms with E-state index in [1.807, 2.05) is 37.3 Å². The molecular weight excluding hydrogens is 511 g/mol. The van der Waals surface area contributed by atoms with Crippen LogP contribution in [-0.4, -0.2) is 59.1 Å². The summed E-state index contributed by atoms with van der Waals surface area (Å²) in [5.41, 5.74) is 1.17. The van der Waals surface area contributed by atoms with Crippen LogP contribution in [0.1, 0.15) is 76.8 Å². The van der Waals surface area contributed by atoms with Gasteiger partial charge in [-0.25, -0.2) is 9.18 Å². The molecule has 2 N–H and O–H groups in total. The summed E-state index contributed by atoms with van der Waals surface area (Å²) in [6, 6.07) is 13.4. The van der Waals surface area contributed by atoms with Crippen LogP contribution in [-0.2, 0) is 25.5 Å². The molecule has 1 saturated heterocycles. The van der Waals surface area contributed by atoms with Crippen molar-refractivity contribution in [2.45, 2.75) is 90.3 Å². The Kier molecular flexibility index (Phi) is 11.3. The molecule has 7 nitrogen and oxygen atoms in total. The summed E-state index contributed by atoms with van der Waals surface area (Å²) < 4.78 is 19.2. The Morgan fingerprint density at radius 1 is 1.10 bits per heavy atom. The zero-order valence-electron chi connectivity index (χ0n) is 24.1. The van der Waals surface area contributed by atoms with Gasteiger partial charge in [0.25, 0.3) is 0 Å². The monoisotopic (exact) mass is 554 g/mol. The Morgan fingerprint density at radius 2 is 1.77 bits per heavy atom. The Bertz CT molecular complexity index is 1120. The van der Waals surface area contributed by atoms with Crippen molar-refractivity contribution in [2.75, 3.05) is 13.2 Å². The van der Waals surface area contributed by atoms with Gasteiger partial charge in [0.2, 0.25) is 5.91 Å². The number of halogens is 1. The van der Waals surface area contributed by atoms with Gasteiger partial charge >= 0.3 is 11.9 Å². The normalized spacial score (nSPS) is 19.5. The van der Waals surface area contributed by atoms with E-state index >= 15 is 0 Å². The number of unbranched alkanes of at least 4 members (excludes halogenated alkanes) is 1. The van der Waals surface area contributed by atoms with Crippen LogP contribution >= 0.6 is 0 Å². The number of nitrogens with one attached hydrogen (secondary N) is 1. The standard InChI is InChI=1S/C32H43FN2O5/c1-5-6-20-40-31(39)27(18-12-22-10-8-7-9-11-22)34-26-19-15-24(23-13-16-25(33)17-14-23)21-35(29(26)36)28(30(37)38)32(2,3)4/h7-11,13-14,16-17,24,26-28,34H,5-6,12,15,18-21H2,1-4H3,(H,37,38). The van der Waals surface area contributed by atoms with Crippen molar-refractivity contribution in [3.63, 3.8) is 0 Å². The zero-order chi connectivity index (χ0) is 29.3. The average Bonchev–Trinajstić information content (AvgIpc) is 3.05. The molecule has 8 heteroatoms. The lowest BCUT2D eigenvalue weighted by Gasteiger charge is -2.39. The quantitative estimate of drug-likeness (QED) is 0.272. The van der Waals surface area contributed by atoms with Gasteiger partial charge in [-0.3, -0.25) is 14.9 Å². The van der Waals surface area contributed by atoms with E-state index in [2.05, 4.69) is 5.32 Å². The number of carbonyl (C=O) groups excluding carboxylic acids is 2. The Hall–Kier alpha value is -3.26. The molecule has 0 aliphatic carbocycles. The molecule has 0 spiro atoms. The number of benzene rings is 2. The number of carboxylic acids is 1. The summed E-state index contributed by atoms with van der Waals surface area (Å²) in [4.78, 5) is 41.2. The van der Waals surface area contributed by atoms with Crippen molar-refractivity contribution in [3.05, 3.63) is 71.5 Å². The first-order valence-electron chi connectivity index (χ1n) is 14.3. The van der Waals surface area contributed by atoms with Gasteiger partial charge in [0.15, 0.2) is 0 Å². The number of amides is 1. The van der Waals surface area contributed by atoms with Gasteiger partial charge < -0.3 is 14.7 Å². The summed E-state index contributed by atoms with van der Waals surface area (Å²) in [7, 11) is 0. The molecule has 3 rings (SSSR count). The summed E-state index contributed by atoms with van der Waals surface area (Å²) in [5.74, 6) is -2.38. The Morgan fingerprint density at radius 3 is 2.38 bits per heavy atom. The number of esters is 1. The van der Waals surface area contributed by atoms with Gasteiger partial charge in [0, 0.05) is 12.5 Å². The third-order valence-electron chi connectivity index (χ3n) is 7.50. The molecule has 0 saturated carbocycles. The van der Waals surface area contributed by atoms with Gasteiger partial charge in [-0.15, -0.1) is 0 Å². The maximum absolute atomic E-state index is 14.0. The van der Waals surface area contributed by atoms with Crippen LogP contribution in [0.2, 0.25) is 0 Å². The Balaban J connectivity index is 1.91. The van der Waals surface area contributed by atoms with Crippen molar-refractivity contribution in [1.82, 2.24) is 10.2 Å². The molecular formula is C32H43FN2O5. The van der Waals surface area contributed by atoms with E-state index in [9.17, 15) is 23.9 Å². The molecule has 1 heterocycles. The fraction of sp³-hybridized carbons (Fsp3) is 0.531. The molecule has 0 bridgehead atoms. The van der Waals surface area contributed by atoms with Gasteiger partial charge in [0.05, 0.1) is 12.6 Å². The predicted molar refractivity (Wildman–Crippen MR) is 152 cm³/mol. The van der Waals surface area contributed by atoms with E-state index < -0.39 is 35.5 Å². The van der Waals surface area contributed by atoms with E-state index in [0.29, 0.717) is 32.3 Å². The van der Waals surface area contributed by atoms with Crippen molar-refractivity contribution in [3.8, 4) is 0 Å². The number of aliphatic carboxylic acids is 1. The number of nitrogens with zero attached hydrogens (tertiary/aromatic N) is 1. The van der Waals surface area contributed by atoms with Gasteiger partial charge in [0.1, 0.15) is 17.9 Å². The topological polar surface area (TPSA) is 95.9 Å². The van der Waals surface area contributed by atoms with Crippen LogP contribution in [0.25, 0.3) is 0 Å². The van der Waals surface area contributed by atoms with Crippen molar-refractivity contribution in [2.24, 2.45) is 5.41 Å². The molecule has 2 aromatic carbocycles. The summed E-state index contributed by atoms with van der Waals surface area (Å²) in [5, 5.41) is 13.5. The predicted octanol–water partition coefficient (Wildman–Crippen LogP) is 5.33. The second kappa shape index (κ2) is 14.4. The highest BCUT2D eigenvalue weighted by atomic mass is 19.1. The maximum atomic E-state index is 14.0. The molecule has 218 valence electrons. The van der Waals surface area contributed by atoms with Crippen molar-refractivity contribution >= 4 is 17.8 Å². The SMILES string of the molecule is CCCCOC(=O)C(CCc1ccccc1)NC1CCC(c2ccc(F)cc2)CN(C(C(=O)O)C(C)(C)C)C1=O. The lowest BCUT2D eigenvalue weighted by Crippen LogP contribution is -2.58. The first-order valence-corrected chi connectivity index (χ1v) is 14.3. The number of likely N-dealkylation sites (tertiary alicyclic amines) is 1. The van der Waals surface area contributed by atoms with Gasteiger partial charge in [-0.1, -0.05) is 76.6 Å². The summed E-state index contributed by atoms with van der Waals surface area (Å²) >= 11 is 0. The van der Waals surface area contributed by atoms with E-state index in [1.54, 1.807) is 32.9 Å². The third kappa shape index (κ3) is 8.62. The lowest BCUT2D eigenvalue weighted by atomic mass is 9.84. The lowest BCUT2D eigenvalue weighted by molar-refractivity contribution is -0.156. The zero-order valence-corrected chi connectivity index (χ0v) is 24.1. The van der Waals surface area contributed by atoms with E-state index in [1.165, 1.54) is 17.0 Å². The first-order chi connectivity index (χ1) is 19.0. The molecule has 4 unspecified atom stereocenters. The Labute approximate surface area is 237 Å². The molecule has 0 aromatic heterocycles. The number of rotatable bonds is 12. The average molecular weight is 555 g/mol. The van der Waals surface area contributed by atoms with Crippen molar-refractivity contribution in [1.29, 1.82) is 0 Å². The number of aryl methyl sites for hydroxylation is 1. The fourth-order valence-electron chi connectivity index (χ4n) is 5.36. The van der Waals surface area contributed by atoms with Crippen LogP contribution in [0.5, 0.6) is 0 Å². The van der Waals surface area contributed by atoms with Gasteiger partial charge in [-0.05, 0) is 60.8 Å². The minimum absolute atomic E-state index is 0.181. The number of carbonyl (C=O) groups is 3. The van der Waals surface area contributed by atoms with Crippen LogP contribution in [0.3, 0.4) is 0 Å². The fourth-order valence-corrected chi connectivity index (χ4v) is 5.36. The minimum atomic E-state index is -1.08. The molecule has 1 fully saturated rings. The van der Waals surface area contributed by atoms with E-state index in [-0.39, 0.29) is 24.2 Å². The number of ether oxygens (including phenoxy) is 1. The smallest absolute Gasteiger partial charge is 0.326 e. The molecule has 1 aliphatic rings. The maximum Gasteiger partial charge on any atom is 0.326 e. The molecule has 1 amide bonds. The van der Waals surface area contributed by atoms with Gasteiger partial charge in [-0.2, -0.15) is 0 Å². The van der Waals surface area contributed by atoms with E-state index in [4.69, 9.17) is 4.74 Å². The summed E-state index contributed by atoms with van der Waals surface area (Å²) in [6.45, 7) is 7.91. The number of carboxylic acid groups (broad SMARTS) is 1. The molecule has 1 aliphatic heterocycles. The highest BCUT2D eigenvalue weighted by Crippen LogP contribution is 2.33. The minimum Gasteiger partial charge on any atom is -0.480 e. The number of hydrogen-bond donors (Lipinski definition) is 2. The molecule has 2 aromatic rings. The van der Waals surface area contributed by atoms with E-state index in [0.717, 1.165) is 24.0 Å². The number of hydrogen-bond acceptors (Lipinski definition) is 5. The highest BCUT2D eigenvalue weighted by Gasteiger charge is 2.44. The second-order valence-electron chi connectivity index (χ2n) is 11.7. The largest absolute Gasteiger partial charge is 0.480 e. The van der Waals surface area contributed by atoms with Crippen LogP contribution in [0, 0.1) is 11.2 Å². The first kappa shape index (κ1) is 31.3. The van der Waals surface area contributed by atoms with Crippen molar-refractivity contribution < 1.29 is 28.6 Å². The highest BCUT2D eigenvalue weighted by molar-refractivity contribution is 5.88. The third-order valence-corrected chi connectivity index (χ3v) is 7.50. The van der Waals surface area contributed by atoms with Crippen LogP contribution in [0.15, 0.2) is 54.6 Å². The van der Waals surface area contributed by atoms with Crippen LogP contribution in [0.4, 0.5) is 4.39 Å².